The fourth-order valence-electron chi connectivity index (χ4n) is 3.89. The van der Waals surface area contributed by atoms with Gasteiger partial charge in [0, 0.05) is 24.7 Å². The van der Waals surface area contributed by atoms with E-state index in [0.717, 1.165) is 22.4 Å². The van der Waals surface area contributed by atoms with E-state index in [1.54, 1.807) is 6.07 Å². The lowest BCUT2D eigenvalue weighted by atomic mass is 9.88. The molecule has 136 valence electrons. The number of halogens is 1. The Morgan fingerprint density at radius 3 is 2.37 bits per heavy atom. The van der Waals surface area contributed by atoms with Crippen molar-refractivity contribution in [2.45, 2.75) is 5.92 Å². The Hall–Kier alpha value is -3.14. The van der Waals surface area contributed by atoms with E-state index in [1.807, 2.05) is 36.4 Å². The predicted molar refractivity (Wildman–Crippen MR) is 106 cm³/mol. The van der Waals surface area contributed by atoms with E-state index < -0.39 is 0 Å². The topological polar surface area (TPSA) is 46.3 Å². The van der Waals surface area contributed by atoms with Crippen LogP contribution in [0.25, 0.3) is 11.1 Å². The molecule has 0 aliphatic carbocycles. The first kappa shape index (κ1) is 17.3. The summed E-state index contributed by atoms with van der Waals surface area (Å²) in [6.07, 6.45) is 0. The molecule has 2 unspecified atom stereocenters. The molecule has 1 saturated heterocycles. The van der Waals surface area contributed by atoms with E-state index in [4.69, 9.17) is 5.73 Å². The highest BCUT2D eigenvalue weighted by atomic mass is 19.1. The average Bonchev–Trinajstić information content (AvgIpc) is 3.15. The normalized spacial score (nSPS) is 19.2. The van der Waals surface area contributed by atoms with E-state index in [0.29, 0.717) is 13.1 Å². The summed E-state index contributed by atoms with van der Waals surface area (Å²) in [5.41, 5.74) is 9.80. The Morgan fingerprint density at radius 2 is 1.63 bits per heavy atom. The number of nitrogens with zero attached hydrogens (tertiary/aromatic N) is 1. The molecule has 1 heterocycles. The molecule has 27 heavy (non-hydrogen) atoms. The van der Waals surface area contributed by atoms with Gasteiger partial charge in [-0.3, -0.25) is 4.79 Å². The highest BCUT2D eigenvalue weighted by Gasteiger charge is 2.37. The molecule has 2 N–H and O–H groups in total. The zero-order valence-corrected chi connectivity index (χ0v) is 14.9. The summed E-state index contributed by atoms with van der Waals surface area (Å²) in [6, 6.07) is 24.9. The molecule has 3 aromatic carbocycles. The molecule has 4 rings (SSSR count). The fourth-order valence-corrected chi connectivity index (χ4v) is 3.89. The van der Waals surface area contributed by atoms with Gasteiger partial charge in [0.1, 0.15) is 5.82 Å². The first-order chi connectivity index (χ1) is 13.1. The number of hydrogen-bond donors (Lipinski definition) is 1. The van der Waals surface area contributed by atoms with Crippen molar-refractivity contribution < 1.29 is 9.18 Å². The van der Waals surface area contributed by atoms with E-state index >= 15 is 0 Å². The Labute approximate surface area is 158 Å². The molecule has 0 spiro atoms. The number of carbonyl (C=O) groups is 1. The number of carbonyl (C=O) groups excluding carboxylic acids is 1. The number of amides is 1. The van der Waals surface area contributed by atoms with Crippen LogP contribution in [0.2, 0.25) is 0 Å². The van der Waals surface area contributed by atoms with Crippen LogP contribution in [0.4, 0.5) is 10.1 Å². The van der Waals surface area contributed by atoms with Crippen molar-refractivity contribution in [1.82, 2.24) is 0 Å². The zero-order valence-electron chi connectivity index (χ0n) is 14.9. The molecule has 1 aliphatic heterocycles. The summed E-state index contributed by atoms with van der Waals surface area (Å²) in [5, 5.41) is 0. The third-order valence-electron chi connectivity index (χ3n) is 5.28. The summed E-state index contributed by atoms with van der Waals surface area (Å²) in [7, 11) is 0. The van der Waals surface area contributed by atoms with Gasteiger partial charge >= 0.3 is 0 Å². The summed E-state index contributed by atoms with van der Waals surface area (Å²) in [6.45, 7) is 1.17. The van der Waals surface area contributed by atoms with Crippen LogP contribution in [-0.4, -0.2) is 19.0 Å². The molecular weight excluding hydrogens is 339 g/mol. The SMILES string of the molecule is NC(=O)C1CN(c2cccc(-c3ccccc3)c2)CC1c1cccc(F)c1. The minimum Gasteiger partial charge on any atom is -0.370 e. The van der Waals surface area contributed by atoms with Crippen LogP contribution in [0.15, 0.2) is 78.9 Å². The Morgan fingerprint density at radius 1 is 0.889 bits per heavy atom. The van der Waals surface area contributed by atoms with E-state index in [1.165, 1.54) is 12.1 Å². The van der Waals surface area contributed by atoms with Gasteiger partial charge in [0.2, 0.25) is 5.91 Å². The standard InChI is InChI=1S/C23H21FN2O/c24-19-10-4-9-18(12-19)21-14-26(15-22(21)23(25)27)20-11-5-8-17(13-20)16-6-2-1-3-7-16/h1-13,21-22H,14-15H2,(H2,25,27). The molecule has 4 heteroatoms. The van der Waals surface area contributed by atoms with Gasteiger partial charge in [0.15, 0.2) is 0 Å². The van der Waals surface area contributed by atoms with Gasteiger partial charge in [-0.1, -0.05) is 54.6 Å². The van der Waals surface area contributed by atoms with Gasteiger partial charge in [0.05, 0.1) is 5.92 Å². The maximum Gasteiger partial charge on any atom is 0.223 e. The highest BCUT2D eigenvalue weighted by Crippen LogP contribution is 2.36. The van der Waals surface area contributed by atoms with Crippen molar-refractivity contribution in [2.24, 2.45) is 11.7 Å². The van der Waals surface area contributed by atoms with Crippen molar-refractivity contribution in [3.8, 4) is 11.1 Å². The summed E-state index contributed by atoms with van der Waals surface area (Å²) in [5.74, 6) is -1.09. The molecule has 1 fully saturated rings. The first-order valence-electron chi connectivity index (χ1n) is 9.07. The highest BCUT2D eigenvalue weighted by molar-refractivity contribution is 5.80. The van der Waals surface area contributed by atoms with Crippen molar-refractivity contribution in [3.05, 3.63) is 90.2 Å². The minimum absolute atomic E-state index is 0.112. The molecule has 3 aromatic rings. The van der Waals surface area contributed by atoms with Gasteiger partial charge in [-0.2, -0.15) is 0 Å². The zero-order chi connectivity index (χ0) is 18.8. The third kappa shape index (κ3) is 3.56. The lowest BCUT2D eigenvalue weighted by Gasteiger charge is -2.19. The number of nitrogens with two attached hydrogens (primary N) is 1. The lowest BCUT2D eigenvalue weighted by molar-refractivity contribution is -0.121. The van der Waals surface area contributed by atoms with Crippen molar-refractivity contribution in [1.29, 1.82) is 0 Å². The lowest BCUT2D eigenvalue weighted by Crippen LogP contribution is -2.29. The van der Waals surface area contributed by atoms with E-state index in [9.17, 15) is 9.18 Å². The van der Waals surface area contributed by atoms with Crippen molar-refractivity contribution in [2.75, 3.05) is 18.0 Å². The van der Waals surface area contributed by atoms with Gasteiger partial charge in [0.25, 0.3) is 0 Å². The quantitative estimate of drug-likeness (QED) is 0.758. The molecule has 3 nitrogen and oxygen atoms in total. The van der Waals surface area contributed by atoms with Crippen LogP contribution in [0, 0.1) is 11.7 Å². The second-order valence-electron chi connectivity index (χ2n) is 6.99. The van der Waals surface area contributed by atoms with Gasteiger partial charge in [-0.15, -0.1) is 0 Å². The van der Waals surface area contributed by atoms with Gasteiger partial charge in [-0.25, -0.2) is 4.39 Å². The van der Waals surface area contributed by atoms with E-state index in [2.05, 4.69) is 29.2 Å². The van der Waals surface area contributed by atoms with Crippen LogP contribution < -0.4 is 10.6 Å². The number of hydrogen-bond acceptors (Lipinski definition) is 2. The second kappa shape index (κ2) is 7.23. The number of benzene rings is 3. The maximum atomic E-state index is 13.7. The van der Waals surface area contributed by atoms with Crippen LogP contribution >= 0.6 is 0 Å². The van der Waals surface area contributed by atoms with Crippen molar-refractivity contribution in [3.63, 3.8) is 0 Å². The van der Waals surface area contributed by atoms with Gasteiger partial charge in [-0.05, 0) is 41.0 Å². The van der Waals surface area contributed by atoms with Crippen LogP contribution in [0.1, 0.15) is 11.5 Å². The third-order valence-corrected chi connectivity index (χ3v) is 5.28. The molecule has 0 radical (unpaired) electrons. The van der Waals surface area contributed by atoms with Crippen LogP contribution in [0.5, 0.6) is 0 Å². The number of primary amides is 1. The smallest absolute Gasteiger partial charge is 0.223 e. The van der Waals surface area contributed by atoms with Crippen LogP contribution in [-0.2, 0) is 4.79 Å². The maximum absolute atomic E-state index is 13.7. The predicted octanol–water partition coefficient (Wildman–Crippen LogP) is 4.20. The fraction of sp³-hybridized carbons (Fsp3) is 0.174. The molecule has 0 bridgehead atoms. The Bertz CT molecular complexity index is 957. The van der Waals surface area contributed by atoms with Gasteiger partial charge < -0.3 is 10.6 Å². The molecular formula is C23H21FN2O. The molecule has 1 aliphatic rings. The van der Waals surface area contributed by atoms with Crippen LogP contribution in [0.3, 0.4) is 0 Å². The Kier molecular flexibility index (Phi) is 4.63. The van der Waals surface area contributed by atoms with E-state index in [-0.39, 0.29) is 23.6 Å². The Balaban J connectivity index is 1.64. The molecule has 0 aromatic heterocycles. The first-order valence-corrected chi connectivity index (χ1v) is 9.07. The molecule has 0 saturated carbocycles. The monoisotopic (exact) mass is 360 g/mol. The summed E-state index contributed by atoms with van der Waals surface area (Å²) in [4.78, 5) is 14.2. The molecule has 1 amide bonds. The number of anilines is 1. The molecule has 2 atom stereocenters. The minimum atomic E-state index is -0.342. The second-order valence-corrected chi connectivity index (χ2v) is 6.99. The number of rotatable bonds is 4. The van der Waals surface area contributed by atoms with Crippen molar-refractivity contribution >= 4 is 11.6 Å². The summed E-state index contributed by atoms with van der Waals surface area (Å²) < 4.78 is 13.7. The largest absolute Gasteiger partial charge is 0.370 e. The average molecular weight is 360 g/mol. The summed E-state index contributed by atoms with van der Waals surface area (Å²) >= 11 is 0.